The van der Waals surface area contributed by atoms with Gasteiger partial charge in [-0.2, -0.15) is 0 Å². The zero-order valence-electron chi connectivity index (χ0n) is 12.3. The molecule has 19 heavy (non-hydrogen) atoms. The van der Waals surface area contributed by atoms with Crippen LogP contribution in [0.4, 0.5) is 0 Å². The Kier molecular flexibility index (Phi) is 4.83. The summed E-state index contributed by atoms with van der Waals surface area (Å²) in [5.74, 6) is 1.14. The van der Waals surface area contributed by atoms with Crippen molar-refractivity contribution in [3.8, 4) is 5.75 Å². The van der Waals surface area contributed by atoms with Gasteiger partial charge in [0.2, 0.25) is 0 Å². The van der Waals surface area contributed by atoms with E-state index < -0.39 is 0 Å². The summed E-state index contributed by atoms with van der Waals surface area (Å²) in [5, 5.41) is 13.5. The number of hydrogen-bond donors (Lipinski definition) is 2. The van der Waals surface area contributed by atoms with E-state index >= 15 is 0 Å². The van der Waals surface area contributed by atoms with Gasteiger partial charge in [0.05, 0.1) is 0 Å². The van der Waals surface area contributed by atoms with E-state index in [0.717, 1.165) is 24.6 Å². The number of nitrogens with zero attached hydrogens (tertiary/aromatic N) is 1. The number of phenolic OH excluding ortho intramolecular Hbond substituents is 1. The molecule has 0 bridgehead atoms. The minimum atomic E-state index is 0.204. The predicted octanol–water partition coefficient (Wildman–Crippen LogP) is 2.69. The van der Waals surface area contributed by atoms with Gasteiger partial charge in [-0.15, -0.1) is 0 Å². The van der Waals surface area contributed by atoms with Crippen LogP contribution in [0, 0.1) is 12.8 Å². The van der Waals surface area contributed by atoms with Crippen LogP contribution < -0.4 is 5.32 Å². The first-order valence-corrected chi connectivity index (χ1v) is 7.35. The molecule has 1 heterocycles. The van der Waals surface area contributed by atoms with E-state index in [1.165, 1.54) is 25.1 Å². The van der Waals surface area contributed by atoms with Crippen molar-refractivity contribution in [1.29, 1.82) is 0 Å². The summed E-state index contributed by atoms with van der Waals surface area (Å²) in [6, 6.07) is 6.01. The first-order valence-electron chi connectivity index (χ1n) is 7.35. The molecule has 3 nitrogen and oxygen atoms in total. The third-order valence-electron chi connectivity index (χ3n) is 4.18. The van der Waals surface area contributed by atoms with Crippen LogP contribution in [0.15, 0.2) is 18.2 Å². The van der Waals surface area contributed by atoms with Crippen molar-refractivity contribution in [2.45, 2.75) is 33.2 Å². The van der Waals surface area contributed by atoms with Crippen molar-refractivity contribution in [1.82, 2.24) is 10.2 Å². The van der Waals surface area contributed by atoms with Crippen LogP contribution in [-0.4, -0.2) is 36.2 Å². The molecule has 0 aliphatic carbocycles. The number of phenols is 1. The molecule has 0 aromatic heterocycles. The van der Waals surface area contributed by atoms with E-state index in [-0.39, 0.29) is 6.04 Å². The van der Waals surface area contributed by atoms with E-state index in [1.807, 2.05) is 6.07 Å². The van der Waals surface area contributed by atoms with Gasteiger partial charge >= 0.3 is 0 Å². The van der Waals surface area contributed by atoms with E-state index in [2.05, 4.69) is 37.1 Å². The molecule has 0 amide bonds. The smallest absolute Gasteiger partial charge is 0.120 e. The molecule has 1 saturated heterocycles. The van der Waals surface area contributed by atoms with Crippen LogP contribution in [0.1, 0.15) is 37.4 Å². The molecule has 0 saturated carbocycles. The van der Waals surface area contributed by atoms with Crippen molar-refractivity contribution in [2.75, 3.05) is 26.2 Å². The Morgan fingerprint density at radius 3 is 2.95 bits per heavy atom. The summed E-state index contributed by atoms with van der Waals surface area (Å²) in [6.45, 7) is 11.0. The molecule has 1 aromatic rings. The van der Waals surface area contributed by atoms with Gasteiger partial charge in [0.15, 0.2) is 0 Å². The first kappa shape index (κ1) is 14.4. The zero-order valence-corrected chi connectivity index (χ0v) is 12.3. The SMILES string of the molecule is CCN1CCC(CNC(C)c2cc(C)ccc2O)C1. The van der Waals surface area contributed by atoms with Crippen LogP contribution in [0.5, 0.6) is 5.75 Å². The fourth-order valence-corrected chi connectivity index (χ4v) is 2.84. The maximum Gasteiger partial charge on any atom is 0.120 e. The molecule has 2 atom stereocenters. The molecular weight excluding hydrogens is 236 g/mol. The van der Waals surface area contributed by atoms with Crippen LogP contribution >= 0.6 is 0 Å². The summed E-state index contributed by atoms with van der Waals surface area (Å²) < 4.78 is 0. The van der Waals surface area contributed by atoms with E-state index in [4.69, 9.17) is 0 Å². The summed E-state index contributed by atoms with van der Waals surface area (Å²) >= 11 is 0. The Morgan fingerprint density at radius 2 is 2.26 bits per heavy atom. The van der Waals surface area contributed by atoms with Gasteiger partial charge in [0.25, 0.3) is 0 Å². The number of nitrogens with one attached hydrogen (secondary N) is 1. The maximum atomic E-state index is 9.93. The minimum absolute atomic E-state index is 0.204. The lowest BCUT2D eigenvalue weighted by molar-refractivity contribution is 0.335. The number of aryl methyl sites for hydroxylation is 1. The van der Waals surface area contributed by atoms with Crippen LogP contribution in [0.2, 0.25) is 0 Å². The van der Waals surface area contributed by atoms with Crippen LogP contribution in [0.25, 0.3) is 0 Å². The largest absolute Gasteiger partial charge is 0.508 e. The lowest BCUT2D eigenvalue weighted by atomic mass is 10.0. The van der Waals surface area contributed by atoms with E-state index in [0.29, 0.717) is 5.75 Å². The summed E-state index contributed by atoms with van der Waals surface area (Å²) in [6.07, 6.45) is 1.29. The second-order valence-electron chi connectivity index (χ2n) is 5.74. The quantitative estimate of drug-likeness (QED) is 0.856. The number of rotatable bonds is 5. The standard InChI is InChI=1S/C16H26N2O/c1-4-18-8-7-14(11-18)10-17-13(3)15-9-12(2)5-6-16(15)19/h5-6,9,13-14,17,19H,4,7-8,10-11H2,1-3H3. The zero-order chi connectivity index (χ0) is 13.8. The highest BCUT2D eigenvalue weighted by molar-refractivity contribution is 5.37. The third kappa shape index (κ3) is 3.71. The van der Waals surface area contributed by atoms with Gasteiger partial charge in [-0.05, 0) is 51.9 Å². The highest BCUT2D eigenvalue weighted by Crippen LogP contribution is 2.25. The van der Waals surface area contributed by atoms with Gasteiger partial charge < -0.3 is 15.3 Å². The van der Waals surface area contributed by atoms with E-state index in [1.54, 1.807) is 6.07 Å². The molecule has 106 valence electrons. The Bertz CT molecular complexity index is 419. The molecule has 1 aliphatic heterocycles. The molecule has 0 radical (unpaired) electrons. The number of likely N-dealkylation sites (tertiary alicyclic amines) is 1. The number of benzene rings is 1. The van der Waals surface area contributed by atoms with Crippen LogP contribution in [-0.2, 0) is 0 Å². The lowest BCUT2D eigenvalue weighted by Gasteiger charge is -2.19. The van der Waals surface area contributed by atoms with Gasteiger partial charge in [-0.1, -0.05) is 24.6 Å². The number of aromatic hydroxyl groups is 1. The maximum absolute atomic E-state index is 9.93. The Balaban J connectivity index is 1.87. The van der Waals surface area contributed by atoms with Gasteiger partial charge in [0, 0.05) is 18.2 Å². The summed E-state index contributed by atoms with van der Waals surface area (Å²) in [4.78, 5) is 2.50. The van der Waals surface area contributed by atoms with Gasteiger partial charge in [-0.25, -0.2) is 0 Å². The monoisotopic (exact) mass is 262 g/mol. The molecule has 2 unspecified atom stereocenters. The van der Waals surface area contributed by atoms with E-state index in [9.17, 15) is 5.11 Å². The highest BCUT2D eigenvalue weighted by Gasteiger charge is 2.21. The fraction of sp³-hybridized carbons (Fsp3) is 0.625. The number of hydrogen-bond acceptors (Lipinski definition) is 3. The van der Waals surface area contributed by atoms with Gasteiger partial charge in [0.1, 0.15) is 5.75 Å². The third-order valence-corrected chi connectivity index (χ3v) is 4.18. The molecular formula is C16H26N2O. The molecule has 1 aliphatic rings. The fourth-order valence-electron chi connectivity index (χ4n) is 2.84. The van der Waals surface area contributed by atoms with Crippen molar-refractivity contribution >= 4 is 0 Å². The predicted molar refractivity (Wildman–Crippen MR) is 79.5 cm³/mol. The second-order valence-corrected chi connectivity index (χ2v) is 5.74. The Labute approximate surface area is 116 Å². The molecule has 2 rings (SSSR count). The topological polar surface area (TPSA) is 35.5 Å². The van der Waals surface area contributed by atoms with Crippen molar-refractivity contribution in [3.63, 3.8) is 0 Å². The molecule has 2 N–H and O–H groups in total. The van der Waals surface area contributed by atoms with Crippen molar-refractivity contribution < 1.29 is 5.11 Å². The molecule has 1 aromatic carbocycles. The van der Waals surface area contributed by atoms with Crippen molar-refractivity contribution in [3.05, 3.63) is 29.3 Å². The Morgan fingerprint density at radius 1 is 1.47 bits per heavy atom. The molecule has 1 fully saturated rings. The summed E-state index contributed by atoms with van der Waals surface area (Å²) in [5.41, 5.74) is 2.20. The highest BCUT2D eigenvalue weighted by atomic mass is 16.3. The Hall–Kier alpha value is -1.06. The minimum Gasteiger partial charge on any atom is -0.508 e. The summed E-state index contributed by atoms with van der Waals surface area (Å²) in [7, 11) is 0. The van der Waals surface area contributed by atoms with Crippen molar-refractivity contribution in [2.24, 2.45) is 5.92 Å². The molecule has 3 heteroatoms. The average molecular weight is 262 g/mol. The lowest BCUT2D eigenvalue weighted by Crippen LogP contribution is -2.28. The first-order chi connectivity index (χ1) is 9.10. The second kappa shape index (κ2) is 6.40. The van der Waals surface area contributed by atoms with Gasteiger partial charge in [-0.3, -0.25) is 0 Å². The average Bonchev–Trinajstić information content (AvgIpc) is 2.87. The van der Waals surface area contributed by atoms with Crippen LogP contribution in [0.3, 0.4) is 0 Å². The normalized spacial score (nSPS) is 21.7. The molecule has 0 spiro atoms.